The summed E-state index contributed by atoms with van der Waals surface area (Å²) in [5.41, 5.74) is 0. The molecule has 0 bridgehead atoms. The number of rotatable bonds is 14. The van der Waals surface area contributed by atoms with Crippen LogP contribution in [0.1, 0.15) is 51.9 Å². The Labute approximate surface area is 213 Å². The van der Waals surface area contributed by atoms with Gasteiger partial charge < -0.3 is 18.9 Å². The zero-order valence-electron chi connectivity index (χ0n) is 21.0. The Morgan fingerprint density at radius 3 is 2.72 bits per heavy atom. The largest absolute Gasteiger partial charge is 0.485 e. The number of hydrogen-bond acceptors (Lipinski definition) is 6. The predicted octanol–water partition coefficient (Wildman–Crippen LogP) is 5.72. The highest BCUT2D eigenvalue weighted by atomic mass is 19.1. The van der Waals surface area contributed by atoms with Crippen molar-refractivity contribution in [1.29, 1.82) is 0 Å². The van der Waals surface area contributed by atoms with Crippen molar-refractivity contribution in [2.24, 2.45) is 11.8 Å². The van der Waals surface area contributed by atoms with E-state index in [1.807, 2.05) is 6.08 Å². The maximum Gasteiger partial charge on any atom is 0.305 e. The van der Waals surface area contributed by atoms with E-state index in [0.29, 0.717) is 25.4 Å². The van der Waals surface area contributed by atoms with Crippen LogP contribution in [-0.4, -0.2) is 44.0 Å². The van der Waals surface area contributed by atoms with E-state index < -0.39 is 0 Å². The summed E-state index contributed by atoms with van der Waals surface area (Å²) >= 11 is 0. The molecule has 3 rings (SSSR count). The second-order valence-electron chi connectivity index (χ2n) is 9.00. The van der Waals surface area contributed by atoms with Crippen LogP contribution in [0.3, 0.4) is 0 Å². The molecule has 1 aromatic carbocycles. The molecule has 36 heavy (non-hydrogen) atoms. The zero-order valence-corrected chi connectivity index (χ0v) is 21.0. The van der Waals surface area contributed by atoms with Gasteiger partial charge in [0.25, 0.3) is 0 Å². The predicted molar refractivity (Wildman–Crippen MR) is 135 cm³/mol. The van der Waals surface area contributed by atoms with E-state index in [1.165, 1.54) is 24.3 Å². The Morgan fingerprint density at radius 1 is 1.14 bits per heavy atom. The van der Waals surface area contributed by atoms with Crippen LogP contribution >= 0.6 is 0 Å². The van der Waals surface area contributed by atoms with Crippen molar-refractivity contribution in [3.63, 3.8) is 0 Å². The highest BCUT2D eigenvalue weighted by molar-refractivity contribution is 5.91. The van der Waals surface area contributed by atoms with Gasteiger partial charge in [-0.25, -0.2) is 4.39 Å². The molecule has 1 heterocycles. The van der Waals surface area contributed by atoms with Crippen LogP contribution in [-0.2, 0) is 23.8 Å². The molecule has 7 heteroatoms. The van der Waals surface area contributed by atoms with Crippen molar-refractivity contribution >= 4 is 11.8 Å². The molecular weight excluding hydrogens is 463 g/mol. The molecule has 1 aromatic rings. The van der Waals surface area contributed by atoms with Gasteiger partial charge in [-0.15, -0.1) is 0 Å². The molecule has 1 unspecified atom stereocenters. The quantitative estimate of drug-likeness (QED) is 0.141. The van der Waals surface area contributed by atoms with Crippen LogP contribution in [0.5, 0.6) is 5.75 Å². The van der Waals surface area contributed by atoms with Gasteiger partial charge in [-0.05, 0) is 81.7 Å². The second kappa shape index (κ2) is 15.4. The lowest BCUT2D eigenvalue weighted by atomic mass is 9.90. The molecule has 0 saturated carbocycles. The average molecular weight is 501 g/mol. The number of hydrogen-bond donors (Lipinski definition) is 0. The molecule has 0 aromatic heterocycles. The van der Waals surface area contributed by atoms with E-state index in [4.69, 9.17) is 18.9 Å². The van der Waals surface area contributed by atoms with Gasteiger partial charge in [0.2, 0.25) is 0 Å². The normalized spacial score (nSPS) is 23.9. The van der Waals surface area contributed by atoms with E-state index in [0.717, 1.165) is 38.5 Å². The van der Waals surface area contributed by atoms with E-state index in [2.05, 4.69) is 24.3 Å². The Hall–Kier alpha value is -2.77. The molecule has 6 nitrogen and oxygen atoms in total. The van der Waals surface area contributed by atoms with Crippen molar-refractivity contribution in [3.8, 4) is 5.75 Å². The lowest BCUT2D eigenvalue weighted by Crippen LogP contribution is -2.31. The molecular formula is C29H37FO6. The summed E-state index contributed by atoms with van der Waals surface area (Å²) in [6.07, 6.45) is 17.3. The minimum Gasteiger partial charge on any atom is -0.485 e. The monoisotopic (exact) mass is 500 g/mol. The van der Waals surface area contributed by atoms with Crippen molar-refractivity contribution in [2.75, 3.05) is 19.8 Å². The number of unbranched alkanes of at least 4 members (excludes halogenated alkanes) is 1. The maximum absolute atomic E-state index is 13.0. The first kappa shape index (κ1) is 27.8. The molecule has 4 atom stereocenters. The summed E-state index contributed by atoms with van der Waals surface area (Å²) in [6.45, 7) is 2.80. The number of halogens is 1. The van der Waals surface area contributed by atoms with E-state index in [1.54, 1.807) is 13.0 Å². The average Bonchev–Trinajstić information content (AvgIpc) is 3.26. The molecule has 2 aliphatic rings. The van der Waals surface area contributed by atoms with Gasteiger partial charge in [-0.1, -0.05) is 30.4 Å². The minimum atomic E-state index is -0.352. The number of esters is 1. The first-order valence-corrected chi connectivity index (χ1v) is 12.9. The molecule has 1 fully saturated rings. The summed E-state index contributed by atoms with van der Waals surface area (Å²) < 4.78 is 35.5. The summed E-state index contributed by atoms with van der Waals surface area (Å²) in [7, 11) is 0. The molecule has 1 aliphatic heterocycles. The van der Waals surface area contributed by atoms with Crippen LogP contribution < -0.4 is 4.74 Å². The number of carbonyl (C=O) groups excluding carboxylic acids is 2. The van der Waals surface area contributed by atoms with Gasteiger partial charge in [0, 0.05) is 18.9 Å². The van der Waals surface area contributed by atoms with Gasteiger partial charge in [-0.3, -0.25) is 9.59 Å². The summed E-state index contributed by atoms with van der Waals surface area (Å²) in [5, 5.41) is 0. The minimum absolute atomic E-state index is 0.00511. The molecule has 0 spiro atoms. The zero-order chi connectivity index (χ0) is 25.6. The fourth-order valence-corrected chi connectivity index (χ4v) is 4.29. The maximum atomic E-state index is 13.0. The Bertz CT molecular complexity index is 901. The third kappa shape index (κ3) is 9.70. The summed E-state index contributed by atoms with van der Waals surface area (Å²) in [6, 6.07) is 5.58. The Morgan fingerprint density at radius 2 is 1.97 bits per heavy atom. The number of ketones is 1. The molecule has 0 radical (unpaired) electrons. The molecule has 0 N–H and O–H groups in total. The van der Waals surface area contributed by atoms with Crippen LogP contribution in [0.4, 0.5) is 4.39 Å². The fourth-order valence-electron chi connectivity index (χ4n) is 4.29. The Kier molecular flexibility index (Phi) is 11.9. The molecule has 1 saturated heterocycles. The number of ether oxygens (including phenoxy) is 4. The first-order chi connectivity index (χ1) is 17.5. The highest BCUT2D eigenvalue weighted by Crippen LogP contribution is 2.34. The van der Waals surface area contributed by atoms with Crippen LogP contribution in [0.2, 0.25) is 0 Å². The van der Waals surface area contributed by atoms with Crippen molar-refractivity contribution < 1.29 is 32.9 Å². The number of carbonyl (C=O) groups is 2. The van der Waals surface area contributed by atoms with Gasteiger partial charge in [0.05, 0.1) is 12.7 Å². The third-order valence-electron chi connectivity index (χ3n) is 6.20. The number of benzene rings is 1. The summed E-state index contributed by atoms with van der Waals surface area (Å²) in [4.78, 5) is 23.9. The smallest absolute Gasteiger partial charge is 0.305 e. The third-order valence-corrected chi connectivity index (χ3v) is 6.20. The van der Waals surface area contributed by atoms with Gasteiger partial charge in [-0.2, -0.15) is 0 Å². The second-order valence-corrected chi connectivity index (χ2v) is 9.00. The number of allylic oxidation sites excluding steroid dienone is 3. The highest BCUT2D eigenvalue weighted by Gasteiger charge is 2.32. The first-order valence-electron chi connectivity index (χ1n) is 12.9. The molecule has 1 aliphatic carbocycles. The van der Waals surface area contributed by atoms with Crippen LogP contribution in [0.15, 0.2) is 60.7 Å². The SMILES string of the molecule is CCOC(=O)CCCC=CC[C@H]1C=C[C@@H](OC2CCCCO2)[C@@H]1C=CC(=O)COc1ccc(F)cc1. The Balaban J connectivity index is 1.52. The van der Waals surface area contributed by atoms with E-state index in [9.17, 15) is 14.0 Å². The van der Waals surface area contributed by atoms with Crippen molar-refractivity contribution in [2.45, 2.75) is 64.3 Å². The standard InChI is InChI=1S/C29H37FO6/c1-2-33-28(32)10-6-4-3-5-9-22-12-19-27(36-29-11-7-8-20-34-29)26(22)18-15-24(31)21-35-25-16-13-23(30)14-17-25/h3,5,12-19,22,26-27,29H,2,4,6-11,20-21H2,1H3/t22-,26+,27+,29?/m0/s1. The lowest BCUT2D eigenvalue weighted by Gasteiger charge is -2.29. The van der Waals surface area contributed by atoms with Crippen molar-refractivity contribution in [3.05, 3.63) is 66.5 Å². The van der Waals surface area contributed by atoms with Gasteiger partial charge in [0.15, 0.2) is 18.7 Å². The molecule has 0 amide bonds. The van der Waals surface area contributed by atoms with Gasteiger partial charge >= 0.3 is 5.97 Å². The van der Waals surface area contributed by atoms with Crippen molar-refractivity contribution in [1.82, 2.24) is 0 Å². The molecule has 196 valence electrons. The van der Waals surface area contributed by atoms with E-state index in [-0.39, 0.29) is 48.4 Å². The van der Waals surface area contributed by atoms with Crippen LogP contribution in [0, 0.1) is 17.7 Å². The topological polar surface area (TPSA) is 71.1 Å². The van der Waals surface area contributed by atoms with Gasteiger partial charge in [0.1, 0.15) is 11.6 Å². The fraction of sp³-hybridized carbons (Fsp3) is 0.517. The summed E-state index contributed by atoms with van der Waals surface area (Å²) in [5.74, 6) is -0.0619. The van der Waals surface area contributed by atoms with Crippen LogP contribution in [0.25, 0.3) is 0 Å². The lowest BCUT2D eigenvalue weighted by molar-refractivity contribution is -0.184. The van der Waals surface area contributed by atoms with E-state index >= 15 is 0 Å².